The molecule has 1 N–H and O–H groups in total. The molecule has 7 nitrogen and oxygen atoms in total. The van der Waals surface area contributed by atoms with Crippen molar-refractivity contribution >= 4 is 0 Å². The summed E-state index contributed by atoms with van der Waals surface area (Å²) in [7, 11) is 0. The molecule has 3 aromatic rings. The second-order valence-corrected chi connectivity index (χ2v) is 7.51. The number of nitrogens with zero attached hydrogens (tertiary/aromatic N) is 4. The van der Waals surface area contributed by atoms with E-state index in [1.54, 1.807) is 12.1 Å². The van der Waals surface area contributed by atoms with E-state index in [0.29, 0.717) is 17.9 Å². The lowest BCUT2D eigenvalue weighted by atomic mass is 10.0. The van der Waals surface area contributed by atoms with Gasteiger partial charge in [-0.05, 0) is 43.5 Å². The Morgan fingerprint density at radius 3 is 2.30 bits per heavy atom. The van der Waals surface area contributed by atoms with E-state index in [9.17, 15) is 13.2 Å². The van der Waals surface area contributed by atoms with Gasteiger partial charge in [-0.1, -0.05) is 25.9 Å². The fourth-order valence-corrected chi connectivity index (χ4v) is 3.07. The second-order valence-electron chi connectivity index (χ2n) is 7.51. The Balaban J connectivity index is 1.77. The quantitative estimate of drug-likeness (QED) is 0.563. The minimum absolute atomic E-state index is 0.0371. The highest BCUT2D eigenvalue weighted by Crippen LogP contribution is 2.33. The Kier molecular flexibility index (Phi) is 6.14. The normalized spacial score (nSPS) is 13.1. The van der Waals surface area contributed by atoms with E-state index in [-0.39, 0.29) is 17.7 Å². The molecule has 0 amide bonds. The van der Waals surface area contributed by atoms with Crippen LogP contribution in [-0.2, 0) is 6.18 Å². The molecule has 2 aromatic heterocycles. The van der Waals surface area contributed by atoms with Gasteiger partial charge in [0.2, 0.25) is 5.82 Å². The molecule has 1 aromatic carbocycles. The smallest absolute Gasteiger partial charge is 0.471 e. The highest BCUT2D eigenvalue weighted by molar-refractivity contribution is 5.61. The third-order valence-corrected chi connectivity index (χ3v) is 4.73. The van der Waals surface area contributed by atoms with Crippen LogP contribution >= 0.6 is 0 Å². The largest absolute Gasteiger partial charge is 0.492 e. The Labute approximate surface area is 172 Å². The molecule has 1 atom stereocenters. The number of H-pyrrole nitrogens is 1. The van der Waals surface area contributed by atoms with Crippen molar-refractivity contribution in [1.29, 1.82) is 0 Å². The monoisotopic (exact) mass is 423 g/mol. The highest BCUT2D eigenvalue weighted by atomic mass is 19.4. The molecule has 3 rings (SSSR count). The first-order chi connectivity index (χ1) is 14.1. The third-order valence-electron chi connectivity index (χ3n) is 4.73. The van der Waals surface area contributed by atoms with E-state index in [1.165, 1.54) is 0 Å². The minimum atomic E-state index is -4.68. The van der Waals surface area contributed by atoms with Gasteiger partial charge in [0, 0.05) is 11.5 Å². The van der Waals surface area contributed by atoms with E-state index < -0.39 is 12.1 Å². The van der Waals surface area contributed by atoms with Gasteiger partial charge >= 0.3 is 12.1 Å². The lowest BCUT2D eigenvalue weighted by molar-refractivity contribution is -0.159. The van der Waals surface area contributed by atoms with Gasteiger partial charge in [-0.2, -0.15) is 23.3 Å². The maximum absolute atomic E-state index is 12.7. The van der Waals surface area contributed by atoms with Crippen LogP contribution in [0.2, 0.25) is 0 Å². The topological polar surface area (TPSA) is 89.7 Å². The Hall–Kier alpha value is -2.91. The van der Waals surface area contributed by atoms with E-state index in [0.717, 1.165) is 29.2 Å². The summed E-state index contributed by atoms with van der Waals surface area (Å²) in [6.45, 7) is 10.1. The van der Waals surface area contributed by atoms with Gasteiger partial charge in [0.05, 0.1) is 12.5 Å². The third kappa shape index (κ3) is 4.63. The van der Waals surface area contributed by atoms with Gasteiger partial charge in [-0.25, -0.2) is 4.98 Å². The minimum Gasteiger partial charge on any atom is -0.492 e. The Bertz CT molecular complexity index is 987. The lowest BCUT2D eigenvalue weighted by Crippen LogP contribution is -2.12. The number of aromatic amines is 1. The van der Waals surface area contributed by atoms with Crippen molar-refractivity contribution in [2.45, 2.75) is 59.1 Å². The molecule has 162 valence electrons. The molecule has 0 aliphatic heterocycles. The van der Waals surface area contributed by atoms with Crippen LogP contribution in [0.5, 0.6) is 5.75 Å². The Morgan fingerprint density at radius 2 is 1.80 bits per heavy atom. The van der Waals surface area contributed by atoms with Crippen molar-refractivity contribution in [3.05, 3.63) is 40.8 Å². The van der Waals surface area contributed by atoms with Crippen LogP contribution in [0.25, 0.3) is 11.4 Å². The van der Waals surface area contributed by atoms with Crippen molar-refractivity contribution in [2.75, 3.05) is 6.61 Å². The van der Waals surface area contributed by atoms with E-state index in [4.69, 9.17) is 4.74 Å². The fraction of sp³-hybridized carbons (Fsp3) is 0.500. The first-order valence-corrected chi connectivity index (χ1v) is 9.67. The molecule has 0 bridgehead atoms. The summed E-state index contributed by atoms with van der Waals surface area (Å²) in [5, 5.41) is 10.7. The van der Waals surface area contributed by atoms with Gasteiger partial charge in [0.1, 0.15) is 11.6 Å². The number of rotatable bonds is 7. The van der Waals surface area contributed by atoms with Crippen LogP contribution in [-0.4, -0.2) is 31.9 Å². The molecule has 0 saturated carbocycles. The SMILES string of the molecule is CCC(COc1c(C)cc(-c2noc(C(F)(F)F)n2)cc1C)c1nc(C(C)C)n[nH]1. The van der Waals surface area contributed by atoms with Gasteiger partial charge < -0.3 is 9.26 Å². The molecular formula is C20H24F3N5O2. The zero-order valence-electron chi connectivity index (χ0n) is 17.5. The van der Waals surface area contributed by atoms with Crippen LogP contribution in [0, 0.1) is 13.8 Å². The summed E-state index contributed by atoms with van der Waals surface area (Å²) in [4.78, 5) is 7.99. The molecule has 30 heavy (non-hydrogen) atoms. The van der Waals surface area contributed by atoms with Gasteiger partial charge in [-0.3, -0.25) is 5.10 Å². The zero-order valence-corrected chi connectivity index (χ0v) is 17.5. The van der Waals surface area contributed by atoms with Crippen molar-refractivity contribution in [2.24, 2.45) is 0 Å². The number of aryl methyl sites for hydroxylation is 2. The summed E-state index contributed by atoms with van der Waals surface area (Å²) >= 11 is 0. The van der Waals surface area contributed by atoms with Crippen LogP contribution < -0.4 is 4.74 Å². The molecule has 0 aliphatic rings. The number of benzene rings is 1. The molecule has 0 saturated heterocycles. The number of aromatic nitrogens is 5. The molecular weight excluding hydrogens is 399 g/mol. The van der Waals surface area contributed by atoms with Crippen LogP contribution in [0.1, 0.15) is 67.7 Å². The van der Waals surface area contributed by atoms with Crippen LogP contribution in [0.3, 0.4) is 0 Å². The molecule has 2 heterocycles. The highest BCUT2D eigenvalue weighted by Gasteiger charge is 2.38. The Morgan fingerprint density at radius 1 is 1.13 bits per heavy atom. The summed E-state index contributed by atoms with van der Waals surface area (Å²) in [5.41, 5.74) is 1.96. The number of ether oxygens (including phenoxy) is 1. The number of hydrogen-bond acceptors (Lipinski definition) is 6. The number of halogens is 3. The molecule has 0 fully saturated rings. The van der Waals surface area contributed by atoms with Crippen molar-refractivity contribution in [3.63, 3.8) is 0 Å². The van der Waals surface area contributed by atoms with Gasteiger partial charge in [0.15, 0.2) is 5.82 Å². The van der Waals surface area contributed by atoms with Crippen LogP contribution in [0.15, 0.2) is 16.7 Å². The summed E-state index contributed by atoms with van der Waals surface area (Å²) < 4.78 is 48.5. The van der Waals surface area contributed by atoms with E-state index in [1.807, 2.05) is 34.6 Å². The van der Waals surface area contributed by atoms with Crippen molar-refractivity contribution in [3.8, 4) is 17.1 Å². The first-order valence-electron chi connectivity index (χ1n) is 9.67. The average Bonchev–Trinajstić information content (AvgIpc) is 3.33. The van der Waals surface area contributed by atoms with Gasteiger partial charge in [0.25, 0.3) is 0 Å². The number of alkyl halides is 3. The molecule has 10 heteroatoms. The van der Waals surface area contributed by atoms with Crippen molar-refractivity contribution in [1.82, 2.24) is 25.3 Å². The second kappa shape index (κ2) is 8.45. The van der Waals surface area contributed by atoms with Gasteiger partial charge in [-0.15, -0.1) is 0 Å². The lowest BCUT2D eigenvalue weighted by Gasteiger charge is -2.17. The number of nitrogens with one attached hydrogen (secondary N) is 1. The zero-order chi connectivity index (χ0) is 22.1. The molecule has 0 spiro atoms. The molecule has 0 radical (unpaired) electrons. The van der Waals surface area contributed by atoms with E-state index in [2.05, 4.69) is 29.8 Å². The summed E-state index contributed by atoms with van der Waals surface area (Å²) in [5.74, 6) is 0.989. The van der Waals surface area contributed by atoms with E-state index >= 15 is 0 Å². The maximum atomic E-state index is 12.7. The predicted molar refractivity (Wildman–Crippen MR) is 103 cm³/mol. The van der Waals surface area contributed by atoms with Crippen LogP contribution in [0.4, 0.5) is 13.2 Å². The standard InChI is InChI=1S/C20H24F3N5O2/c1-6-13(17-24-16(10(2)3)26-27-17)9-29-15-11(4)7-14(8-12(15)5)18-25-19(30-28-18)20(21,22)23/h7-8,10,13H,6,9H2,1-5H3,(H,24,26,27). The van der Waals surface area contributed by atoms with Crippen molar-refractivity contribution < 1.29 is 22.4 Å². The average molecular weight is 423 g/mol. The summed E-state index contributed by atoms with van der Waals surface area (Å²) in [6, 6.07) is 3.36. The summed E-state index contributed by atoms with van der Waals surface area (Å²) in [6.07, 6.45) is -3.87. The first kappa shape index (κ1) is 21.8. The number of hydrogen-bond donors (Lipinski definition) is 1. The predicted octanol–water partition coefficient (Wildman–Crippen LogP) is 5.19. The fourth-order valence-electron chi connectivity index (χ4n) is 3.07. The molecule has 0 aliphatic carbocycles. The molecule has 1 unspecified atom stereocenters. The maximum Gasteiger partial charge on any atom is 0.471 e.